The molecule has 2 nitrogen and oxygen atoms in total. The molecule has 1 rings (SSSR count). The maximum atomic E-state index is 9.60. The normalized spacial score (nSPS) is 10.1. The molecular formula is C12H18O2. The van der Waals surface area contributed by atoms with E-state index in [1.807, 2.05) is 12.1 Å². The number of rotatable bonds is 5. The van der Waals surface area contributed by atoms with Gasteiger partial charge in [-0.3, -0.25) is 0 Å². The second-order valence-corrected chi connectivity index (χ2v) is 3.32. The van der Waals surface area contributed by atoms with Crippen LogP contribution in [0.1, 0.15) is 32.3 Å². The molecule has 0 radical (unpaired) electrons. The third kappa shape index (κ3) is 2.66. The Balaban J connectivity index is 2.72. The number of benzene rings is 1. The summed E-state index contributed by atoms with van der Waals surface area (Å²) in [6, 6.07) is 5.50. The molecule has 0 saturated heterocycles. The molecule has 78 valence electrons. The topological polar surface area (TPSA) is 29.5 Å². The van der Waals surface area contributed by atoms with E-state index >= 15 is 0 Å². The molecule has 0 aliphatic carbocycles. The van der Waals surface area contributed by atoms with Crippen LogP contribution >= 0.6 is 0 Å². The molecule has 0 aromatic heterocycles. The number of phenols is 1. The van der Waals surface area contributed by atoms with Gasteiger partial charge in [0.15, 0.2) is 11.5 Å². The van der Waals surface area contributed by atoms with Gasteiger partial charge in [0.25, 0.3) is 0 Å². The van der Waals surface area contributed by atoms with Gasteiger partial charge in [0.2, 0.25) is 0 Å². The van der Waals surface area contributed by atoms with Gasteiger partial charge >= 0.3 is 0 Å². The fourth-order valence-corrected chi connectivity index (χ4v) is 1.33. The number of hydrogen-bond acceptors (Lipinski definition) is 2. The number of hydrogen-bond donors (Lipinski definition) is 1. The lowest BCUT2D eigenvalue weighted by Crippen LogP contribution is -1.99. The number of unbranched alkanes of at least 4 members (excludes halogenated alkanes) is 1. The highest BCUT2D eigenvalue weighted by Gasteiger charge is 2.06. The van der Waals surface area contributed by atoms with Gasteiger partial charge in [-0.15, -0.1) is 0 Å². The lowest BCUT2D eigenvalue weighted by atomic mass is 10.1. The average molecular weight is 194 g/mol. The Kier molecular flexibility index (Phi) is 4.30. The number of ether oxygens (including phenoxy) is 1. The fraction of sp³-hybridized carbons (Fsp3) is 0.500. The molecule has 0 atom stereocenters. The predicted octanol–water partition coefficient (Wildman–Crippen LogP) is 3.13. The summed E-state index contributed by atoms with van der Waals surface area (Å²) < 4.78 is 5.55. The molecule has 0 spiro atoms. The molecule has 0 heterocycles. The standard InChI is InChI=1S/C12H18O2/c1-3-5-9-14-12-10(4-2)7-6-8-11(12)13/h6-8,13H,3-5,9H2,1-2H3. The van der Waals surface area contributed by atoms with E-state index in [0.29, 0.717) is 12.4 Å². The summed E-state index contributed by atoms with van der Waals surface area (Å²) in [5.41, 5.74) is 1.07. The lowest BCUT2D eigenvalue weighted by Gasteiger charge is -2.11. The van der Waals surface area contributed by atoms with Crippen LogP contribution in [0.15, 0.2) is 18.2 Å². The van der Waals surface area contributed by atoms with E-state index in [4.69, 9.17) is 4.74 Å². The summed E-state index contributed by atoms with van der Waals surface area (Å²) >= 11 is 0. The smallest absolute Gasteiger partial charge is 0.164 e. The highest BCUT2D eigenvalue weighted by Crippen LogP contribution is 2.30. The minimum atomic E-state index is 0.250. The molecule has 0 saturated carbocycles. The third-order valence-electron chi connectivity index (χ3n) is 2.20. The largest absolute Gasteiger partial charge is 0.504 e. The van der Waals surface area contributed by atoms with Crippen molar-refractivity contribution < 1.29 is 9.84 Å². The van der Waals surface area contributed by atoms with Gasteiger partial charge in [-0.25, -0.2) is 0 Å². The van der Waals surface area contributed by atoms with Gasteiger partial charge < -0.3 is 9.84 Å². The minimum absolute atomic E-state index is 0.250. The minimum Gasteiger partial charge on any atom is -0.504 e. The zero-order valence-electron chi connectivity index (χ0n) is 8.92. The quantitative estimate of drug-likeness (QED) is 0.730. The molecule has 0 unspecified atom stereocenters. The van der Waals surface area contributed by atoms with E-state index < -0.39 is 0 Å². The Hall–Kier alpha value is -1.18. The van der Waals surface area contributed by atoms with Gasteiger partial charge in [0, 0.05) is 0 Å². The van der Waals surface area contributed by atoms with Crippen molar-refractivity contribution in [3.05, 3.63) is 23.8 Å². The molecule has 14 heavy (non-hydrogen) atoms. The molecule has 0 fully saturated rings. The summed E-state index contributed by atoms with van der Waals surface area (Å²) in [5, 5.41) is 9.60. The number of aromatic hydroxyl groups is 1. The Morgan fingerprint density at radius 1 is 1.29 bits per heavy atom. The first-order valence-electron chi connectivity index (χ1n) is 5.23. The first-order chi connectivity index (χ1) is 6.79. The van der Waals surface area contributed by atoms with E-state index in [0.717, 1.165) is 24.8 Å². The summed E-state index contributed by atoms with van der Waals surface area (Å²) in [7, 11) is 0. The fourth-order valence-electron chi connectivity index (χ4n) is 1.33. The van der Waals surface area contributed by atoms with Crippen LogP contribution in [0.5, 0.6) is 11.5 Å². The maximum Gasteiger partial charge on any atom is 0.164 e. The zero-order valence-corrected chi connectivity index (χ0v) is 8.92. The van der Waals surface area contributed by atoms with E-state index in [1.54, 1.807) is 6.07 Å². The van der Waals surface area contributed by atoms with Crippen molar-refractivity contribution in [1.29, 1.82) is 0 Å². The first kappa shape index (κ1) is 10.9. The SMILES string of the molecule is CCCCOc1c(O)cccc1CC. The highest BCUT2D eigenvalue weighted by molar-refractivity contribution is 5.45. The molecular weight excluding hydrogens is 176 g/mol. The number of phenolic OH excluding ortho intramolecular Hbond substituents is 1. The second-order valence-electron chi connectivity index (χ2n) is 3.32. The Bertz CT molecular complexity index is 282. The number of aryl methyl sites for hydroxylation is 1. The van der Waals surface area contributed by atoms with Crippen molar-refractivity contribution in [3.8, 4) is 11.5 Å². The van der Waals surface area contributed by atoms with Crippen molar-refractivity contribution in [1.82, 2.24) is 0 Å². The predicted molar refractivity (Wildman–Crippen MR) is 57.9 cm³/mol. The van der Waals surface area contributed by atoms with Crippen molar-refractivity contribution in [2.75, 3.05) is 6.61 Å². The third-order valence-corrected chi connectivity index (χ3v) is 2.20. The summed E-state index contributed by atoms with van der Waals surface area (Å²) in [5.74, 6) is 0.906. The van der Waals surface area contributed by atoms with Crippen LogP contribution in [0.2, 0.25) is 0 Å². The van der Waals surface area contributed by atoms with Gasteiger partial charge in [0.05, 0.1) is 6.61 Å². The highest BCUT2D eigenvalue weighted by atomic mass is 16.5. The van der Waals surface area contributed by atoms with Crippen LogP contribution in [0.4, 0.5) is 0 Å². The summed E-state index contributed by atoms with van der Waals surface area (Å²) in [6.45, 7) is 4.86. The maximum absolute atomic E-state index is 9.60. The Morgan fingerprint density at radius 3 is 2.71 bits per heavy atom. The van der Waals surface area contributed by atoms with Gasteiger partial charge in [-0.2, -0.15) is 0 Å². The molecule has 1 N–H and O–H groups in total. The molecule has 1 aromatic carbocycles. The average Bonchev–Trinajstić information content (AvgIpc) is 2.20. The van der Waals surface area contributed by atoms with Crippen molar-refractivity contribution in [2.45, 2.75) is 33.1 Å². The van der Waals surface area contributed by atoms with Crippen molar-refractivity contribution in [3.63, 3.8) is 0 Å². The summed E-state index contributed by atoms with van der Waals surface area (Å²) in [6.07, 6.45) is 3.02. The number of para-hydroxylation sites is 1. The first-order valence-corrected chi connectivity index (χ1v) is 5.23. The van der Waals surface area contributed by atoms with Crippen LogP contribution < -0.4 is 4.74 Å². The van der Waals surface area contributed by atoms with E-state index in [-0.39, 0.29) is 5.75 Å². The van der Waals surface area contributed by atoms with Crippen LogP contribution in [0.3, 0.4) is 0 Å². The second kappa shape index (κ2) is 5.53. The van der Waals surface area contributed by atoms with Crippen LogP contribution in [-0.4, -0.2) is 11.7 Å². The molecule has 0 aliphatic rings. The Morgan fingerprint density at radius 2 is 2.07 bits per heavy atom. The zero-order chi connectivity index (χ0) is 10.4. The molecule has 0 amide bonds. The lowest BCUT2D eigenvalue weighted by molar-refractivity contribution is 0.290. The molecule has 0 aliphatic heterocycles. The van der Waals surface area contributed by atoms with Crippen molar-refractivity contribution in [2.24, 2.45) is 0 Å². The molecule has 0 bridgehead atoms. The van der Waals surface area contributed by atoms with Gasteiger partial charge in [-0.05, 0) is 24.5 Å². The van der Waals surface area contributed by atoms with Crippen LogP contribution in [0.25, 0.3) is 0 Å². The van der Waals surface area contributed by atoms with Gasteiger partial charge in [0.1, 0.15) is 0 Å². The van der Waals surface area contributed by atoms with Crippen molar-refractivity contribution >= 4 is 0 Å². The molecule has 1 aromatic rings. The monoisotopic (exact) mass is 194 g/mol. The van der Waals surface area contributed by atoms with Gasteiger partial charge in [-0.1, -0.05) is 32.4 Å². The molecule has 2 heteroatoms. The Labute approximate surface area is 85.5 Å². The van der Waals surface area contributed by atoms with Crippen LogP contribution in [0, 0.1) is 0 Å². The van der Waals surface area contributed by atoms with E-state index in [9.17, 15) is 5.11 Å². The van der Waals surface area contributed by atoms with E-state index in [1.165, 1.54) is 0 Å². The van der Waals surface area contributed by atoms with Crippen LogP contribution in [-0.2, 0) is 6.42 Å². The summed E-state index contributed by atoms with van der Waals surface area (Å²) in [4.78, 5) is 0. The van der Waals surface area contributed by atoms with E-state index in [2.05, 4.69) is 13.8 Å².